The summed E-state index contributed by atoms with van der Waals surface area (Å²) in [6.45, 7) is 0. The van der Waals surface area contributed by atoms with Gasteiger partial charge in [0.05, 0.1) is 10.5 Å². The lowest BCUT2D eigenvalue weighted by atomic mass is 10.1. The van der Waals surface area contributed by atoms with Crippen LogP contribution in [0.15, 0.2) is 42.0 Å². The van der Waals surface area contributed by atoms with Gasteiger partial charge >= 0.3 is 0 Å². The summed E-state index contributed by atoms with van der Waals surface area (Å²) < 4.78 is 0. The molecule has 0 atom stereocenters. The number of carbonyl (C=O) groups excluding carboxylic acids is 2. The molecule has 0 saturated carbocycles. The molecule has 17 heavy (non-hydrogen) atoms. The lowest BCUT2D eigenvalue weighted by Gasteiger charge is -1.96. The third kappa shape index (κ3) is 2.17. The van der Waals surface area contributed by atoms with Crippen molar-refractivity contribution in [2.75, 3.05) is 0 Å². The third-order valence-corrected chi connectivity index (χ3v) is 2.33. The Hall–Kier alpha value is -2.56. The van der Waals surface area contributed by atoms with Crippen molar-refractivity contribution in [2.24, 2.45) is 0 Å². The van der Waals surface area contributed by atoms with Crippen LogP contribution < -0.4 is 0 Å². The maximum absolute atomic E-state index is 11.3. The van der Waals surface area contributed by atoms with Crippen LogP contribution >= 0.6 is 0 Å². The molecule has 0 bridgehead atoms. The highest BCUT2D eigenvalue weighted by Gasteiger charge is 2.19. The number of nitro groups is 1. The summed E-state index contributed by atoms with van der Waals surface area (Å²) in [4.78, 5) is 32.5. The van der Waals surface area contributed by atoms with Crippen LogP contribution in [0.1, 0.15) is 5.56 Å². The Morgan fingerprint density at radius 2 is 1.53 bits per heavy atom. The molecule has 2 rings (SSSR count). The number of hydrogen-bond donors (Lipinski definition) is 0. The summed E-state index contributed by atoms with van der Waals surface area (Å²) >= 11 is 0. The number of benzene rings is 1. The molecule has 1 aromatic rings. The van der Waals surface area contributed by atoms with E-state index in [-0.39, 0.29) is 22.8 Å². The van der Waals surface area contributed by atoms with Gasteiger partial charge in [0.2, 0.25) is 0 Å². The number of rotatable bonds is 2. The number of ketones is 2. The number of allylic oxidation sites excluding steroid dienone is 3. The van der Waals surface area contributed by atoms with Gasteiger partial charge in [0.1, 0.15) is 0 Å². The molecular formula is C12H7NO4. The second-order valence-corrected chi connectivity index (χ2v) is 3.47. The lowest BCUT2D eigenvalue weighted by molar-refractivity contribution is -0.384. The summed E-state index contributed by atoms with van der Waals surface area (Å²) in [6, 6.07) is 5.63. The van der Waals surface area contributed by atoms with E-state index in [0.29, 0.717) is 5.56 Å². The largest absolute Gasteiger partial charge is 0.289 e. The van der Waals surface area contributed by atoms with E-state index in [1.165, 1.54) is 42.5 Å². The zero-order valence-corrected chi connectivity index (χ0v) is 8.62. The highest BCUT2D eigenvalue weighted by atomic mass is 16.6. The molecular weight excluding hydrogens is 222 g/mol. The second kappa shape index (κ2) is 4.13. The number of nitrogens with zero attached hydrogens (tertiary/aromatic N) is 1. The number of nitro benzene ring substituents is 1. The first-order chi connectivity index (χ1) is 8.08. The monoisotopic (exact) mass is 229 g/mol. The molecule has 0 amide bonds. The van der Waals surface area contributed by atoms with Gasteiger partial charge in [0.15, 0.2) is 11.6 Å². The van der Waals surface area contributed by atoms with Crippen LogP contribution in [0.4, 0.5) is 5.69 Å². The molecule has 5 heteroatoms. The summed E-state index contributed by atoms with van der Waals surface area (Å²) in [5.41, 5.74) is 0.629. The van der Waals surface area contributed by atoms with Crippen molar-refractivity contribution in [1.29, 1.82) is 0 Å². The number of non-ortho nitro benzene ring substituents is 1. The quantitative estimate of drug-likeness (QED) is 0.334. The molecule has 1 aromatic carbocycles. The minimum absolute atomic E-state index is 0.0330. The second-order valence-electron chi connectivity index (χ2n) is 3.47. The molecule has 0 heterocycles. The van der Waals surface area contributed by atoms with Gasteiger partial charge in [-0.15, -0.1) is 0 Å². The molecule has 0 spiro atoms. The topological polar surface area (TPSA) is 77.3 Å². The van der Waals surface area contributed by atoms with Crippen molar-refractivity contribution in [3.05, 3.63) is 57.7 Å². The fourth-order valence-corrected chi connectivity index (χ4v) is 1.45. The van der Waals surface area contributed by atoms with Crippen molar-refractivity contribution < 1.29 is 14.5 Å². The molecule has 0 N–H and O–H groups in total. The van der Waals surface area contributed by atoms with Crippen molar-refractivity contribution >= 4 is 23.3 Å². The molecule has 1 aliphatic carbocycles. The van der Waals surface area contributed by atoms with Crippen LogP contribution in [-0.4, -0.2) is 16.5 Å². The molecule has 0 aromatic heterocycles. The van der Waals surface area contributed by atoms with Crippen LogP contribution in [-0.2, 0) is 9.59 Å². The Balaban J connectivity index is 2.31. The maximum Gasteiger partial charge on any atom is 0.269 e. The zero-order chi connectivity index (χ0) is 12.4. The Labute approximate surface area is 96.2 Å². The van der Waals surface area contributed by atoms with Gasteiger partial charge in [-0.1, -0.05) is 0 Å². The first-order valence-corrected chi connectivity index (χ1v) is 4.81. The fraction of sp³-hybridized carbons (Fsp3) is 0. The highest BCUT2D eigenvalue weighted by molar-refractivity contribution is 6.35. The summed E-state index contributed by atoms with van der Waals surface area (Å²) in [5, 5.41) is 10.4. The van der Waals surface area contributed by atoms with Gasteiger partial charge in [-0.25, -0.2) is 0 Å². The first-order valence-electron chi connectivity index (χ1n) is 4.81. The Morgan fingerprint density at radius 3 is 2.00 bits per heavy atom. The zero-order valence-electron chi connectivity index (χ0n) is 8.62. The van der Waals surface area contributed by atoms with Crippen molar-refractivity contribution in [2.45, 2.75) is 0 Å². The smallest absolute Gasteiger partial charge is 0.269 e. The fourth-order valence-electron chi connectivity index (χ4n) is 1.45. The van der Waals surface area contributed by atoms with E-state index in [2.05, 4.69) is 0 Å². The minimum Gasteiger partial charge on any atom is -0.289 e. The number of carbonyl (C=O) groups is 2. The molecule has 0 fully saturated rings. The average molecular weight is 229 g/mol. The van der Waals surface area contributed by atoms with Gasteiger partial charge in [-0.05, 0) is 35.9 Å². The Bertz CT molecular complexity index is 547. The van der Waals surface area contributed by atoms with Crippen LogP contribution in [0.2, 0.25) is 0 Å². The standard InChI is InChI=1S/C12H7NO4/c14-11-5-6-12(15)10(11)7-8-1-3-9(4-2-8)13(16)17/h1-7H. The predicted octanol–water partition coefficient (Wildman–Crippen LogP) is 1.69. The van der Waals surface area contributed by atoms with E-state index in [9.17, 15) is 19.7 Å². The Morgan fingerprint density at radius 1 is 1.00 bits per heavy atom. The SMILES string of the molecule is O=C1C=CC(=O)C1=Cc1ccc([N+](=O)[O-])cc1. The van der Waals surface area contributed by atoms with Crippen LogP contribution in [0.5, 0.6) is 0 Å². The van der Waals surface area contributed by atoms with Gasteiger partial charge in [0.25, 0.3) is 5.69 Å². The van der Waals surface area contributed by atoms with Crippen molar-refractivity contribution in [3.63, 3.8) is 0 Å². The predicted molar refractivity (Wildman–Crippen MR) is 60.2 cm³/mol. The van der Waals surface area contributed by atoms with E-state index < -0.39 is 4.92 Å². The van der Waals surface area contributed by atoms with Crippen LogP contribution in [0, 0.1) is 10.1 Å². The maximum atomic E-state index is 11.3. The van der Waals surface area contributed by atoms with E-state index >= 15 is 0 Å². The Kier molecular flexibility index (Phi) is 2.66. The molecule has 0 radical (unpaired) electrons. The normalized spacial score (nSPS) is 14.2. The third-order valence-electron chi connectivity index (χ3n) is 2.33. The first kappa shape index (κ1) is 10.9. The van der Waals surface area contributed by atoms with Gasteiger partial charge in [-0.3, -0.25) is 19.7 Å². The van der Waals surface area contributed by atoms with Crippen molar-refractivity contribution in [3.8, 4) is 0 Å². The van der Waals surface area contributed by atoms with E-state index in [4.69, 9.17) is 0 Å². The highest BCUT2D eigenvalue weighted by Crippen LogP contribution is 2.17. The van der Waals surface area contributed by atoms with Gasteiger partial charge in [-0.2, -0.15) is 0 Å². The van der Waals surface area contributed by atoms with Gasteiger partial charge < -0.3 is 0 Å². The van der Waals surface area contributed by atoms with E-state index in [1.54, 1.807) is 0 Å². The summed E-state index contributed by atoms with van der Waals surface area (Å²) in [6.07, 6.45) is 3.84. The van der Waals surface area contributed by atoms with Crippen LogP contribution in [0.25, 0.3) is 6.08 Å². The van der Waals surface area contributed by atoms with Crippen molar-refractivity contribution in [1.82, 2.24) is 0 Å². The molecule has 0 aliphatic heterocycles. The molecule has 5 nitrogen and oxygen atoms in total. The van der Waals surface area contributed by atoms with Crippen LogP contribution in [0.3, 0.4) is 0 Å². The number of hydrogen-bond acceptors (Lipinski definition) is 4. The molecule has 0 unspecified atom stereocenters. The lowest BCUT2D eigenvalue weighted by Crippen LogP contribution is -2.00. The molecule has 0 saturated heterocycles. The summed E-state index contributed by atoms with van der Waals surface area (Å²) in [5.74, 6) is -0.679. The average Bonchev–Trinajstić information content (AvgIpc) is 2.61. The summed E-state index contributed by atoms with van der Waals surface area (Å²) in [7, 11) is 0. The van der Waals surface area contributed by atoms with Gasteiger partial charge in [0, 0.05) is 12.1 Å². The minimum atomic E-state index is -0.510. The molecule has 84 valence electrons. The van der Waals surface area contributed by atoms with E-state index in [1.807, 2.05) is 0 Å². The van der Waals surface area contributed by atoms with E-state index in [0.717, 1.165) is 0 Å². The molecule has 1 aliphatic rings.